The van der Waals surface area contributed by atoms with E-state index in [-0.39, 0.29) is 23.9 Å². The summed E-state index contributed by atoms with van der Waals surface area (Å²) in [6, 6.07) is -0.523. The number of rotatable bonds is 11. The third-order valence-electron chi connectivity index (χ3n) is 7.16. The number of allylic oxidation sites excluding steroid dienone is 1. The average molecular weight is 472 g/mol. The lowest BCUT2D eigenvalue weighted by molar-refractivity contribution is -0.150. The van der Waals surface area contributed by atoms with Crippen LogP contribution in [-0.4, -0.2) is 69.4 Å². The van der Waals surface area contributed by atoms with Gasteiger partial charge in [-0.05, 0) is 49.9 Å². The van der Waals surface area contributed by atoms with Crippen LogP contribution in [0.4, 0.5) is 0 Å². The predicted molar refractivity (Wildman–Crippen MR) is 136 cm³/mol. The van der Waals surface area contributed by atoms with Gasteiger partial charge in [-0.25, -0.2) is 4.98 Å². The number of carbonyl (C=O) groups is 2. The maximum atomic E-state index is 13.7. The summed E-state index contributed by atoms with van der Waals surface area (Å²) in [5.41, 5.74) is 0. The molecule has 3 rings (SSSR count). The van der Waals surface area contributed by atoms with E-state index in [9.17, 15) is 9.59 Å². The minimum Gasteiger partial charge on any atom is -0.341 e. The van der Waals surface area contributed by atoms with Gasteiger partial charge in [-0.15, -0.1) is 6.58 Å². The molecule has 3 heterocycles. The normalized spacial score (nSPS) is 20.9. The molecule has 7 nitrogen and oxygen atoms in total. The number of piperidine rings is 1. The zero-order chi connectivity index (χ0) is 24.7. The fraction of sp³-hybridized carbons (Fsp3) is 0.741. The highest BCUT2D eigenvalue weighted by Crippen LogP contribution is 2.25. The fourth-order valence-corrected chi connectivity index (χ4v) is 5.32. The summed E-state index contributed by atoms with van der Waals surface area (Å²) in [6.45, 7) is 16.2. The lowest BCUT2D eigenvalue weighted by atomic mass is 9.91. The Balaban J connectivity index is 1.61. The molecule has 2 saturated heterocycles. The third kappa shape index (κ3) is 6.94. The molecule has 0 spiro atoms. The Morgan fingerprint density at radius 2 is 1.94 bits per heavy atom. The molecule has 0 radical (unpaired) electrons. The minimum atomic E-state index is -0.349. The van der Waals surface area contributed by atoms with Crippen LogP contribution in [0.25, 0.3) is 0 Å². The van der Waals surface area contributed by atoms with E-state index in [4.69, 9.17) is 0 Å². The molecule has 7 heteroatoms. The van der Waals surface area contributed by atoms with Crippen LogP contribution in [0.5, 0.6) is 0 Å². The highest BCUT2D eigenvalue weighted by Gasteiger charge is 2.39. The molecule has 0 aliphatic carbocycles. The molecule has 1 aromatic rings. The second kappa shape index (κ2) is 12.5. The van der Waals surface area contributed by atoms with E-state index in [1.165, 1.54) is 0 Å². The smallest absolute Gasteiger partial charge is 0.245 e. The van der Waals surface area contributed by atoms with Gasteiger partial charge in [-0.3, -0.25) is 9.59 Å². The summed E-state index contributed by atoms with van der Waals surface area (Å²) in [6.07, 6.45) is 11.3. The second-order valence-electron chi connectivity index (χ2n) is 10.9. The van der Waals surface area contributed by atoms with Gasteiger partial charge in [-0.1, -0.05) is 33.8 Å². The van der Waals surface area contributed by atoms with Crippen molar-refractivity contribution in [3.8, 4) is 0 Å². The number of aryl methyl sites for hydroxylation is 1. The molecule has 0 bridgehead atoms. The zero-order valence-corrected chi connectivity index (χ0v) is 21.7. The van der Waals surface area contributed by atoms with Gasteiger partial charge in [-0.2, -0.15) is 0 Å². The SMILES string of the molecule is C=CCCn1ccnc1CC1CCN(C(=O)C(CC(C)C)N2CCN[C@@H](CC(C)C)C2=O)CC1. The van der Waals surface area contributed by atoms with Gasteiger partial charge in [0, 0.05) is 51.5 Å². The van der Waals surface area contributed by atoms with Crippen molar-refractivity contribution in [1.82, 2.24) is 24.7 Å². The molecular weight excluding hydrogens is 426 g/mol. The first-order chi connectivity index (χ1) is 16.3. The molecule has 1 unspecified atom stereocenters. The van der Waals surface area contributed by atoms with Crippen LogP contribution < -0.4 is 5.32 Å². The predicted octanol–water partition coefficient (Wildman–Crippen LogP) is 3.50. The highest BCUT2D eigenvalue weighted by molar-refractivity contribution is 5.90. The molecular formula is C27H45N5O2. The van der Waals surface area contributed by atoms with Crippen molar-refractivity contribution in [3.63, 3.8) is 0 Å². The number of hydrogen-bond acceptors (Lipinski definition) is 4. The second-order valence-corrected chi connectivity index (χ2v) is 10.9. The van der Waals surface area contributed by atoms with E-state index in [2.05, 4.69) is 49.1 Å². The highest BCUT2D eigenvalue weighted by atomic mass is 16.2. The minimum absolute atomic E-state index is 0.0974. The van der Waals surface area contributed by atoms with E-state index in [1.54, 1.807) is 0 Å². The lowest BCUT2D eigenvalue weighted by Crippen LogP contribution is -2.62. The molecule has 2 fully saturated rings. The molecule has 0 aromatic carbocycles. The standard InChI is InChI=1S/C27H45N5O2/c1-6-7-12-30-15-10-29-25(30)19-22-8-13-31(14-9-22)27(34)24(18-21(4)5)32-16-11-28-23(26(32)33)17-20(2)3/h6,10,15,20-24,28H,1,7-9,11-14,16-19H2,2-5H3/t23-,24?/m0/s1. The molecule has 2 amide bonds. The van der Waals surface area contributed by atoms with Gasteiger partial charge < -0.3 is 19.7 Å². The van der Waals surface area contributed by atoms with Gasteiger partial charge in [0.05, 0.1) is 6.04 Å². The number of carbonyl (C=O) groups excluding carboxylic acids is 2. The van der Waals surface area contributed by atoms with Crippen LogP contribution in [0.3, 0.4) is 0 Å². The Bertz CT molecular complexity index is 810. The van der Waals surface area contributed by atoms with Crippen LogP contribution in [0, 0.1) is 17.8 Å². The largest absolute Gasteiger partial charge is 0.341 e. The quantitative estimate of drug-likeness (QED) is 0.502. The summed E-state index contributed by atoms with van der Waals surface area (Å²) in [5.74, 6) is 2.69. The maximum absolute atomic E-state index is 13.7. The van der Waals surface area contributed by atoms with Crippen LogP contribution in [0.1, 0.15) is 65.6 Å². The molecule has 1 N–H and O–H groups in total. The first-order valence-corrected chi connectivity index (χ1v) is 13.2. The van der Waals surface area contributed by atoms with Crippen molar-refractivity contribution in [2.75, 3.05) is 26.2 Å². The number of amides is 2. The number of aromatic nitrogens is 2. The first-order valence-electron chi connectivity index (χ1n) is 13.2. The van der Waals surface area contributed by atoms with Crippen molar-refractivity contribution in [2.45, 2.75) is 84.8 Å². The Morgan fingerprint density at radius 3 is 2.59 bits per heavy atom. The summed E-state index contributed by atoms with van der Waals surface area (Å²) < 4.78 is 2.22. The van der Waals surface area contributed by atoms with Gasteiger partial charge >= 0.3 is 0 Å². The third-order valence-corrected chi connectivity index (χ3v) is 7.16. The van der Waals surface area contributed by atoms with Crippen LogP contribution in [0.2, 0.25) is 0 Å². The summed E-state index contributed by atoms with van der Waals surface area (Å²) >= 11 is 0. The molecule has 2 aliphatic heterocycles. The Morgan fingerprint density at radius 1 is 1.21 bits per heavy atom. The van der Waals surface area contributed by atoms with Crippen molar-refractivity contribution >= 4 is 11.8 Å². The fourth-order valence-electron chi connectivity index (χ4n) is 5.32. The topological polar surface area (TPSA) is 70.5 Å². The van der Waals surface area contributed by atoms with Crippen molar-refractivity contribution in [1.29, 1.82) is 0 Å². The van der Waals surface area contributed by atoms with Crippen LogP contribution >= 0.6 is 0 Å². The lowest BCUT2D eigenvalue weighted by Gasteiger charge is -2.42. The first kappa shape index (κ1) is 26.5. The maximum Gasteiger partial charge on any atom is 0.245 e. The van der Waals surface area contributed by atoms with E-state index in [0.717, 1.165) is 70.5 Å². The Labute approximate surface area is 206 Å². The van der Waals surface area contributed by atoms with E-state index in [0.29, 0.717) is 24.3 Å². The number of imidazole rings is 1. The number of likely N-dealkylation sites (tertiary alicyclic amines) is 1. The van der Waals surface area contributed by atoms with E-state index in [1.807, 2.05) is 28.3 Å². The van der Waals surface area contributed by atoms with Crippen molar-refractivity contribution in [3.05, 3.63) is 30.9 Å². The average Bonchev–Trinajstić information content (AvgIpc) is 3.24. The number of nitrogens with zero attached hydrogens (tertiary/aromatic N) is 4. The Kier molecular flexibility index (Phi) is 9.74. The summed E-state index contributed by atoms with van der Waals surface area (Å²) in [7, 11) is 0. The van der Waals surface area contributed by atoms with Gasteiger partial charge in [0.25, 0.3) is 0 Å². The molecule has 190 valence electrons. The zero-order valence-electron chi connectivity index (χ0n) is 21.7. The summed E-state index contributed by atoms with van der Waals surface area (Å²) in [4.78, 5) is 35.4. The molecule has 2 atom stereocenters. The number of piperazine rings is 1. The molecule has 1 aromatic heterocycles. The van der Waals surface area contributed by atoms with E-state index >= 15 is 0 Å². The van der Waals surface area contributed by atoms with Gasteiger partial charge in [0.15, 0.2) is 0 Å². The van der Waals surface area contributed by atoms with Crippen LogP contribution in [-0.2, 0) is 22.6 Å². The van der Waals surface area contributed by atoms with Gasteiger partial charge in [0.2, 0.25) is 11.8 Å². The van der Waals surface area contributed by atoms with Crippen molar-refractivity contribution in [2.24, 2.45) is 17.8 Å². The number of hydrogen-bond donors (Lipinski definition) is 1. The van der Waals surface area contributed by atoms with Crippen LogP contribution in [0.15, 0.2) is 25.0 Å². The number of nitrogens with one attached hydrogen (secondary N) is 1. The molecule has 0 saturated carbocycles. The molecule has 34 heavy (non-hydrogen) atoms. The molecule has 2 aliphatic rings. The van der Waals surface area contributed by atoms with Crippen molar-refractivity contribution < 1.29 is 9.59 Å². The Hall–Kier alpha value is -2.15. The summed E-state index contributed by atoms with van der Waals surface area (Å²) in [5, 5.41) is 3.37. The monoisotopic (exact) mass is 471 g/mol. The van der Waals surface area contributed by atoms with E-state index < -0.39 is 0 Å². The van der Waals surface area contributed by atoms with Gasteiger partial charge in [0.1, 0.15) is 11.9 Å².